The minimum atomic E-state index is -0.700. The van der Waals surface area contributed by atoms with Crippen LogP contribution in [0.15, 0.2) is 91.0 Å². The van der Waals surface area contributed by atoms with E-state index in [0.29, 0.717) is 6.61 Å². The topological polar surface area (TPSA) is 81.7 Å². The highest BCUT2D eigenvalue weighted by Gasteiger charge is 2.53. The predicted octanol–water partition coefficient (Wildman–Crippen LogP) is 4.63. The van der Waals surface area contributed by atoms with E-state index in [1.807, 2.05) is 91.0 Å². The minimum absolute atomic E-state index is 0.149. The molecule has 0 unspecified atom stereocenters. The molecule has 0 bridgehead atoms. The molecule has 0 aromatic heterocycles. The van der Waals surface area contributed by atoms with E-state index < -0.39 is 55.4 Å². The van der Waals surface area contributed by atoms with E-state index in [2.05, 4.69) is 0 Å². The molecule has 8 nitrogen and oxygen atoms in total. The van der Waals surface area contributed by atoms with Crippen LogP contribution in [0.25, 0.3) is 0 Å². The number of esters is 1. The van der Waals surface area contributed by atoms with Crippen molar-refractivity contribution in [3.05, 3.63) is 108 Å². The van der Waals surface area contributed by atoms with Gasteiger partial charge in [0.2, 0.25) is 0 Å². The fourth-order valence-corrected chi connectivity index (χ4v) is 5.11. The van der Waals surface area contributed by atoms with Crippen LogP contribution in [0.5, 0.6) is 0 Å². The summed E-state index contributed by atoms with van der Waals surface area (Å²) < 4.78 is 43.7. The molecule has 3 fully saturated rings. The summed E-state index contributed by atoms with van der Waals surface area (Å²) in [6.45, 7) is 1.82. The number of ether oxygens (including phenoxy) is 7. The molecule has 3 saturated heterocycles. The first-order valence-corrected chi connectivity index (χ1v) is 12.8. The Kier molecular flexibility index (Phi) is 7.51. The second kappa shape index (κ2) is 11.3. The van der Waals surface area contributed by atoms with Gasteiger partial charge in [-0.2, -0.15) is 0 Å². The van der Waals surface area contributed by atoms with Gasteiger partial charge in [0.1, 0.15) is 24.4 Å². The van der Waals surface area contributed by atoms with E-state index in [9.17, 15) is 4.79 Å². The Bertz CT molecular complexity index is 1190. The van der Waals surface area contributed by atoms with E-state index in [1.54, 1.807) is 0 Å². The van der Waals surface area contributed by atoms with Crippen LogP contribution in [0.4, 0.5) is 0 Å². The highest BCUT2D eigenvalue weighted by Crippen LogP contribution is 2.42. The monoisotopic (exact) mass is 518 g/mol. The van der Waals surface area contributed by atoms with Gasteiger partial charge < -0.3 is 33.2 Å². The lowest BCUT2D eigenvalue weighted by molar-refractivity contribution is -0.391. The average molecular weight is 519 g/mol. The fraction of sp³-hybridized carbons (Fsp3) is 0.367. The molecule has 0 spiro atoms. The van der Waals surface area contributed by atoms with Crippen molar-refractivity contribution in [1.29, 1.82) is 0 Å². The zero-order valence-corrected chi connectivity index (χ0v) is 21.0. The third kappa shape index (κ3) is 5.37. The number of rotatable bonds is 5. The molecule has 0 aliphatic carbocycles. The molecule has 0 amide bonds. The van der Waals surface area contributed by atoms with Crippen molar-refractivity contribution in [1.82, 2.24) is 0 Å². The number of carbonyl (C=O) groups excluding carboxylic acids is 1. The third-order valence-corrected chi connectivity index (χ3v) is 6.88. The molecule has 3 aliphatic rings. The number of fused-ring (bicyclic) bond motifs is 1. The zero-order chi connectivity index (χ0) is 25.9. The molecule has 8 heteroatoms. The summed E-state index contributed by atoms with van der Waals surface area (Å²) in [6.07, 6.45) is -4.94. The maximum absolute atomic E-state index is 12.0. The predicted molar refractivity (Wildman–Crippen MR) is 134 cm³/mol. The van der Waals surface area contributed by atoms with Gasteiger partial charge >= 0.3 is 5.97 Å². The largest absolute Gasteiger partial charge is 0.457 e. The number of benzene rings is 3. The van der Waals surface area contributed by atoms with E-state index >= 15 is 0 Å². The van der Waals surface area contributed by atoms with Crippen molar-refractivity contribution in [3.63, 3.8) is 0 Å². The van der Waals surface area contributed by atoms with Gasteiger partial charge in [0.15, 0.2) is 25.0 Å². The minimum Gasteiger partial charge on any atom is -0.457 e. The van der Waals surface area contributed by atoms with Crippen LogP contribution in [0.1, 0.15) is 42.5 Å². The first-order valence-electron chi connectivity index (χ1n) is 12.8. The second-order valence-electron chi connectivity index (χ2n) is 9.52. The summed E-state index contributed by atoms with van der Waals surface area (Å²) in [5, 5.41) is 0. The first kappa shape index (κ1) is 25.2. The Morgan fingerprint density at radius 1 is 0.605 bits per heavy atom. The van der Waals surface area contributed by atoms with Crippen LogP contribution in [0, 0.1) is 0 Å². The van der Waals surface area contributed by atoms with Gasteiger partial charge in [-0.15, -0.1) is 0 Å². The molecule has 8 atom stereocenters. The lowest BCUT2D eigenvalue weighted by atomic mass is 9.95. The van der Waals surface area contributed by atoms with Crippen LogP contribution in [-0.2, 0) is 38.0 Å². The molecule has 0 N–H and O–H groups in total. The Labute approximate surface area is 221 Å². The van der Waals surface area contributed by atoms with Gasteiger partial charge in [0, 0.05) is 23.6 Å². The van der Waals surface area contributed by atoms with Crippen LogP contribution in [0.3, 0.4) is 0 Å². The quantitative estimate of drug-likeness (QED) is 0.453. The van der Waals surface area contributed by atoms with Gasteiger partial charge in [0.05, 0.1) is 13.2 Å². The number of hydrogen-bond donors (Lipinski definition) is 0. The smallest absolute Gasteiger partial charge is 0.303 e. The van der Waals surface area contributed by atoms with Crippen molar-refractivity contribution in [2.24, 2.45) is 0 Å². The van der Waals surface area contributed by atoms with Gasteiger partial charge in [-0.05, 0) is 0 Å². The molecular formula is C30H30O8. The summed E-state index contributed by atoms with van der Waals surface area (Å²) in [7, 11) is 0. The maximum Gasteiger partial charge on any atom is 0.303 e. The molecule has 198 valence electrons. The SMILES string of the molecule is CC(=O)O[C@@H]1CO[C@@H](c2ccccc2)O[C@@H]1[C@H]1O[C@@H](c2ccccc2)O[C@@H]2CO[C@H](c3ccccc3)O[C@H]12. The molecule has 6 rings (SSSR count). The van der Waals surface area contributed by atoms with Crippen molar-refractivity contribution in [2.45, 2.75) is 56.3 Å². The van der Waals surface area contributed by atoms with Crippen molar-refractivity contribution < 1.29 is 38.0 Å². The van der Waals surface area contributed by atoms with Gasteiger partial charge in [0.25, 0.3) is 0 Å². The molecule has 0 radical (unpaired) electrons. The second-order valence-corrected chi connectivity index (χ2v) is 9.52. The summed E-state index contributed by atoms with van der Waals surface area (Å²) in [5.41, 5.74) is 2.61. The van der Waals surface area contributed by atoms with Crippen LogP contribution in [0.2, 0.25) is 0 Å². The summed E-state index contributed by atoms with van der Waals surface area (Å²) in [4.78, 5) is 12.0. The third-order valence-electron chi connectivity index (χ3n) is 6.88. The molecule has 3 aromatic rings. The van der Waals surface area contributed by atoms with Crippen LogP contribution < -0.4 is 0 Å². The molecule has 38 heavy (non-hydrogen) atoms. The van der Waals surface area contributed by atoms with E-state index in [-0.39, 0.29) is 6.61 Å². The standard InChI is InChI=1S/C30H30O8/c1-19(31)34-23-17-32-28(20-11-5-2-6-12-20)36-25(23)27-26-24(35-30(38-27)22-15-9-4-10-16-22)18-33-29(37-26)21-13-7-3-8-14-21/h2-16,23-30H,17-18H2,1H3/t23-,24-,25+,26+,27-,28-,29+,30+/m1/s1. The van der Waals surface area contributed by atoms with Gasteiger partial charge in [-0.3, -0.25) is 4.79 Å². The summed E-state index contributed by atoms with van der Waals surface area (Å²) in [6, 6.07) is 29.1. The Hall–Kier alpha value is -3.11. The average Bonchev–Trinajstić information content (AvgIpc) is 2.98. The Morgan fingerprint density at radius 2 is 1.08 bits per heavy atom. The highest BCUT2D eigenvalue weighted by molar-refractivity contribution is 5.66. The van der Waals surface area contributed by atoms with Crippen LogP contribution >= 0.6 is 0 Å². The Morgan fingerprint density at radius 3 is 1.63 bits per heavy atom. The van der Waals surface area contributed by atoms with Crippen molar-refractivity contribution >= 4 is 5.97 Å². The van der Waals surface area contributed by atoms with Crippen molar-refractivity contribution in [3.8, 4) is 0 Å². The Balaban J connectivity index is 1.34. The normalized spacial score (nSPS) is 33.2. The number of carbonyl (C=O) groups is 1. The van der Waals surface area contributed by atoms with Gasteiger partial charge in [-0.1, -0.05) is 91.0 Å². The zero-order valence-electron chi connectivity index (χ0n) is 21.0. The number of hydrogen-bond acceptors (Lipinski definition) is 8. The van der Waals surface area contributed by atoms with E-state index in [1.165, 1.54) is 6.92 Å². The molecule has 3 aliphatic heterocycles. The van der Waals surface area contributed by atoms with E-state index in [0.717, 1.165) is 16.7 Å². The molecule has 0 saturated carbocycles. The first-order chi connectivity index (χ1) is 18.7. The molecular weight excluding hydrogens is 488 g/mol. The van der Waals surface area contributed by atoms with Crippen molar-refractivity contribution in [2.75, 3.05) is 13.2 Å². The van der Waals surface area contributed by atoms with Gasteiger partial charge in [-0.25, -0.2) is 0 Å². The lowest BCUT2D eigenvalue weighted by Crippen LogP contribution is -2.62. The fourth-order valence-electron chi connectivity index (χ4n) is 5.11. The van der Waals surface area contributed by atoms with E-state index in [4.69, 9.17) is 33.2 Å². The lowest BCUT2D eigenvalue weighted by Gasteiger charge is -2.50. The molecule has 3 aromatic carbocycles. The maximum atomic E-state index is 12.0. The van der Waals surface area contributed by atoms with Crippen LogP contribution in [-0.4, -0.2) is 49.7 Å². The highest BCUT2D eigenvalue weighted by atomic mass is 16.8. The molecule has 3 heterocycles. The summed E-state index contributed by atoms with van der Waals surface area (Å²) >= 11 is 0. The summed E-state index contributed by atoms with van der Waals surface area (Å²) in [5.74, 6) is -0.427.